The Balaban J connectivity index is 1.34. The van der Waals surface area contributed by atoms with E-state index < -0.39 is 18.1 Å². The van der Waals surface area contributed by atoms with E-state index in [1.807, 2.05) is 36.4 Å². The molecular weight excluding hydrogens is 444 g/mol. The molecule has 7 heteroatoms. The fourth-order valence-corrected chi connectivity index (χ4v) is 4.51. The molecule has 0 radical (unpaired) electrons. The van der Waals surface area contributed by atoms with Crippen LogP contribution in [0.1, 0.15) is 41.5 Å². The highest BCUT2D eigenvalue weighted by Gasteiger charge is 2.29. The zero-order valence-electron chi connectivity index (χ0n) is 19.5. The van der Waals surface area contributed by atoms with Crippen LogP contribution in [-0.4, -0.2) is 35.7 Å². The molecule has 180 valence electrons. The minimum absolute atomic E-state index is 0.0622. The van der Waals surface area contributed by atoms with E-state index in [2.05, 4.69) is 22.8 Å². The summed E-state index contributed by atoms with van der Waals surface area (Å²) in [5.74, 6) is -1.36. The standard InChI is InChI=1S/C28H28N2O5/c1-2-25(27(33)29-16-19-10-4-3-9-18(19)15-26(31)32)30-28(34)35-17-24-22-13-7-5-11-20(22)21-12-6-8-14-23(21)24/h3-14,24-25H,2,15-17H2,1H3,(H,29,33)(H,30,34)(H,31,32)/t25-/m0/s1. The van der Waals surface area contributed by atoms with E-state index in [1.165, 1.54) is 0 Å². The molecule has 0 aromatic heterocycles. The van der Waals surface area contributed by atoms with Gasteiger partial charge in [0.15, 0.2) is 0 Å². The zero-order chi connectivity index (χ0) is 24.8. The van der Waals surface area contributed by atoms with Crippen LogP contribution in [0, 0.1) is 0 Å². The Morgan fingerprint density at radius 3 is 2.06 bits per heavy atom. The first kappa shape index (κ1) is 24.0. The number of amides is 2. The number of carbonyl (C=O) groups excluding carboxylic acids is 2. The maximum Gasteiger partial charge on any atom is 0.407 e. The number of nitrogens with one attached hydrogen (secondary N) is 2. The van der Waals surface area contributed by atoms with Gasteiger partial charge in [-0.25, -0.2) is 4.79 Å². The van der Waals surface area contributed by atoms with Gasteiger partial charge in [-0.2, -0.15) is 0 Å². The Morgan fingerprint density at radius 2 is 1.46 bits per heavy atom. The van der Waals surface area contributed by atoms with Gasteiger partial charge in [-0.1, -0.05) is 79.7 Å². The van der Waals surface area contributed by atoms with Crippen LogP contribution < -0.4 is 10.6 Å². The Morgan fingerprint density at radius 1 is 0.886 bits per heavy atom. The van der Waals surface area contributed by atoms with Crippen LogP contribution in [0.5, 0.6) is 0 Å². The second-order valence-electron chi connectivity index (χ2n) is 8.49. The van der Waals surface area contributed by atoms with E-state index in [0.29, 0.717) is 12.0 Å². The first-order chi connectivity index (χ1) is 17.0. The van der Waals surface area contributed by atoms with Crippen molar-refractivity contribution in [2.45, 2.75) is 38.3 Å². The van der Waals surface area contributed by atoms with Crippen molar-refractivity contribution in [2.24, 2.45) is 0 Å². The minimum Gasteiger partial charge on any atom is -0.481 e. The van der Waals surface area contributed by atoms with Crippen LogP contribution in [0.15, 0.2) is 72.8 Å². The quantitative estimate of drug-likeness (QED) is 0.432. The molecule has 3 N–H and O–H groups in total. The lowest BCUT2D eigenvalue weighted by Gasteiger charge is -2.19. The van der Waals surface area contributed by atoms with Crippen molar-refractivity contribution in [1.82, 2.24) is 10.6 Å². The highest BCUT2D eigenvalue weighted by Crippen LogP contribution is 2.44. The number of rotatable bonds is 9. The fraction of sp³-hybridized carbons (Fsp3) is 0.250. The largest absolute Gasteiger partial charge is 0.481 e. The molecule has 0 unspecified atom stereocenters. The Hall–Kier alpha value is -4.13. The average Bonchev–Trinajstić information content (AvgIpc) is 3.18. The summed E-state index contributed by atoms with van der Waals surface area (Å²) in [7, 11) is 0. The van der Waals surface area contributed by atoms with E-state index in [-0.39, 0.29) is 31.4 Å². The lowest BCUT2D eigenvalue weighted by Crippen LogP contribution is -2.46. The molecule has 3 aromatic carbocycles. The summed E-state index contributed by atoms with van der Waals surface area (Å²) in [6.07, 6.45) is -0.395. The number of carbonyl (C=O) groups is 3. The number of carboxylic acid groups (broad SMARTS) is 1. The number of carboxylic acids is 1. The van der Waals surface area contributed by atoms with Gasteiger partial charge in [0, 0.05) is 12.5 Å². The Bertz CT molecular complexity index is 1190. The third kappa shape index (κ3) is 5.51. The number of ether oxygens (including phenoxy) is 1. The molecule has 0 spiro atoms. The summed E-state index contributed by atoms with van der Waals surface area (Å²) in [5.41, 5.74) is 5.88. The highest BCUT2D eigenvalue weighted by atomic mass is 16.5. The van der Waals surface area contributed by atoms with Gasteiger partial charge in [-0.3, -0.25) is 9.59 Å². The van der Waals surface area contributed by atoms with Crippen molar-refractivity contribution < 1.29 is 24.2 Å². The topological polar surface area (TPSA) is 105 Å². The Labute approximate surface area is 204 Å². The molecule has 1 aliphatic rings. The van der Waals surface area contributed by atoms with Gasteiger partial charge >= 0.3 is 12.1 Å². The first-order valence-electron chi connectivity index (χ1n) is 11.7. The summed E-state index contributed by atoms with van der Waals surface area (Å²) in [6, 6.07) is 22.5. The van der Waals surface area contributed by atoms with Gasteiger partial charge in [0.1, 0.15) is 12.6 Å². The van der Waals surface area contributed by atoms with E-state index in [4.69, 9.17) is 9.84 Å². The summed E-state index contributed by atoms with van der Waals surface area (Å²) < 4.78 is 5.55. The predicted molar refractivity (Wildman–Crippen MR) is 132 cm³/mol. The van der Waals surface area contributed by atoms with Crippen molar-refractivity contribution in [3.05, 3.63) is 95.1 Å². The van der Waals surface area contributed by atoms with E-state index in [1.54, 1.807) is 31.2 Å². The average molecular weight is 473 g/mol. The number of aliphatic carboxylic acids is 1. The molecule has 2 amide bonds. The van der Waals surface area contributed by atoms with Gasteiger partial charge in [0.25, 0.3) is 0 Å². The predicted octanol–water partition coefficient (Wildman–Crippen LogP) is 4.25. The minimum atomic E-state index is -0.938. The molecule has 0 saturated heterocycles. The van der Waals surface area contributed by atoms with Gasteiger partial charge in [-0.15, -0.1) is 0 Å². The van der Waals surface area contributed by atoms with Gasteiger partial charge in [0.2, 0.25) is 5.91 Å². The number of hydrogen-bond donors (Lipinski definition) is 3. The molecule has 0 heterocycles. The van der Waals surface area contributed by atoms with Crippen LogP contribution in [-0.2, 0) is 27.3 Å². The lowest BCUT2D eigenvalue weighted by atomic mass is 9.98. The normalized spacial score (nSPS) is 12.8. The maximum absolute atomic E-state index is 12.7. The lowest BCUT2D eigenvalue weighted by molar-refractivity contribution is -0.136. The highest BCUT2D eigenvalue weighted by molar-refractivity contribution is 5.85. The van der Waals surface area contributed by atoms with E-state index in [9.17, 15) is 14.4 Å². The maximum atomic E-state index is 12.7. The fourth-order valence-electron chi connectivity index (χ4n) is 4.51. The van der Waals surface area contributed by atoms with E-state index >= 15 is 0 Å². The molecule has 0 fully saturated rings. The molecule has 0 bridgehead atoms. The van der Waals surface area contributed by atoms with Gasteiger partial charge in [0.05, 0.1) is 6.42 Å². The van der Waals surface area contributed by atoms with Gasteiger partial charge in [-0.05, 0) is 39.8 Å². The molecule has 0 saturated carbocycles. The molecule has 1 aliphatic carbocycles. The SMILES string of the molecule is CC[C@H](NC(=O)OCC1c2ccccc2-c2ccccc21)C(=O)NCc1ccccc1CC(=O)O. The van der Waals surface area contributed by atoms with Crippen molar-refractivity contribution in [1.29, 1.82) is 0 Å². The number of benzene rings is 3. The third-order valence-electron chi connectivity index (χ3n) is 6.27. The molecule has 7 nitrogen and oxygen atoms in total. The summed E-state index contributed by atoms with van der Waals surface area (Å²) in [6.45, 7) is 2.14. The van der Waals surface area contributed by atoms with E-state index in [0.717, 1.165) is 27.8 Å². The zero-order valence-corrected chi connectivity index (χ0v) is 19.5. The molecular formula is C28H28N2O5. The van der Waals surface area contributed by atoms with Crippen molar-refractivity contribution in [3.63, 3.8) is 0 Å². The molecule has 0 aliphatic heterocycles. The number of fused-ring (bicyclic) bond motifs is 3. The monoisotopic (exact) mass is 472 g/mol. The number of hydrogen-bond acceptors (Lipinski definition) is 4. The summed E-state index contributed by atoms with van der Waals surface area (Å²) in [5, 5.41) is 14.5. The van der Waals surface area contributed by atoms with Crippen LogP contribution in [0.25, 0.3) is 11.1 Å². The van der Waals surface area contributed by atoms with Crippen LogP contribution >= 0.6 is 0 Å². The van der Waals surface area contributed by atoms with Crippen molar-refractivity contribution in [3.8, 4) is 11.1 Å². The second-order valence-corrected chi connectivity index (χ2v) is 8.49. The first-order valence-corrected chi connectivity index (χ1v) is 11.7. The molecule has 3 aromatic rings. The second kappa shape index (κ2) is 10.9. The molecule has 4 rings (SSSR count). The smallest absolute Gasteiger partial charge is 0.407 e. The van der Waals surface area contributed by atoms with Gasteiger partial charge < -0.3 is 20.5 Å². The number of alkyl carbamates (subject to hydrolysis) is 1. The molecule has 1 atom stereocenters. The van der Waals surface area contributed by atoms with Crippen molar-refractivity contribution >= 4 is 18.0 Å². The van der Waals surface area contributed by atoms with Crippen LogP contribution in [0.4, 0.5) is 4.79 Å². The summed E-state index contributed by atoms with van der Waals surface area (Å²) in [4.78, 5) is 36.4. The van der Waals surface area contributed by atoms with Crippen molar-refractivity contribution in [2.75, 3.05) is 6.61 Å². The molecule has 35 heavy (non-hydrogen) atoms. The van der Waals surface area contributed by atoms with Crippen LogP contribution in [0.3, 0.4) is 0 Å². The third-order valence-corrected chi connectivity index (χ3v) is 6.27. The summed E-state index contributed by atoms with van der Waals surface area (Å²) >= 11 is 0. The van der Waals surface area contributed by atoms with Crippen LogP contribution in [0.2, 0.25) is 0 Å². The Kier molecular flexibility index (Phi) is 7.45.